The highest BCUT2D eigenvalue weighted by Crippen LogP contribution is 2.28. The Morgan fingerprint density at radius 3 is 2.10 bits per heavy atom. The second kappa shape index (κ2) is 9.90. The normalized spacial score (nSPS) is 10.6. The number of carbonyl (C=O) groups excluding carboxylic acids is 1. The number of hydrogen-bond acceptors (Lipinski definition) is 4. The van der Waals surface area contributed by atoms with Gasteiger partial charge in [0.1, 0.15) is 11.1 Å². The zero-order valence-electron chi connectivity index (χ0n) is 16.6. The summed E-state index contributed by atoms with van der Waals surface area (Å²) in [5.74, 6) is 0.849. The zero-order chi connectivity index (χ0) is 20.6. The number of pyridine rings is 1. The molecule has 0 radical (unpaired) electrons. The van der Waals surface area contributed by atoms with Gasteiger partial charge in [0.25, 0.3) is 0 Å². The number of benzene rings is 2. The maximum Gasteiger partial charge on any atom is 0.232 e. The Morgan fingerprint density at radius 1 is 1.00 bits per heavy atom. The van der Waals surface area contributed by atoms with E-state index in [0.29, 0.717) is 22.8 Å². The van der Waals surface area contributed by atoms with E-state index >= 15 is 0 Å². The standard InChI is InChI=1S/C24H23N3OS/c1-18(2)22-14-13-19(17-25)24(26-22)29-16-15-23(28)27(20-9-5-3-6-10-20)21-11-7-4-8-12-21/h3-14,18H,15-16H2,1-2H3. The van der Waals surface area contributed by atoms with Crippen molar-refractivity contribution in [3.05, 3.63) is 84.1 Å². The molecule has 0 unspecified atom stereocenters. The largest absolute Gasteiger partial charge is 0.281 e. The first-order chi connectivity index (χ1) is 14.1. The molecule has 4 nitrogen and oxygen atoms in total. The molecule has 0 spiro atoms. The molecule has 0 saturated heterocycles. The van der Waals surface area contributed by atoms with Crippen molar-refractivity contribution in [3.8, 4) is 6.07 Å². The molecule has 0 atom stereocenters. The van der Waals surface area contributed by atoms with Crippen LogP contribution in [0.25, 0.3) is 0 Å². The molecule has 1 aromatic heterocycles. The van der Waals surface area contributed by atoms with E-state index in [0.717, 1.165) is 17.1 Å². The smallest absolute Gasteiger partial charge is 0.232 e. The molecule has 2 aromatic carbocycles. The number of aromatic nitrogens is 1. The van der Waals surface area contributed by atoms with Gasteiger partial charge in [-0.2, -0.15) is 5.26 Å². The van der Waals surface area contributed by atoms with Gasteiger partial charge < -0.3 is 0 Å². The van der Waals surface area contributed by atoms with Crippen molar-refractivity contribution < 1.29 is 4.79 Å². The molecular formula is C24H23N3OS. The van der Waals surface area contributed by atoms with Crippen LogP contribution in [0.4, 0.5) is 11.4 Å². The van der Waals surface area contributed by atoms with Gasteiger partial charge in [-0.25, -0.2) is 4.98 Å². The summed E-state index contributed by atoms with van der Waals surface area (Å²) >= 11 is 1.46. The number of nitriles is 1. The van der Waals surface area contributed by atoms with Crippen molar-refractivity contribution >= 4 is 29.0 Å². The van der Waals surface area contributed by atoms with E-state index in [2.05, 4.69) is 24.9 Å². The van der Waals surface area contributed by atoms with Crippen LogP contribution < -0.4 is 4.90 Å². The average Bonchev–Trinajstić information content (AvgIpc) is 2.75. The number of carbonyl (C=O) groups is 1. The van der Waals surface area contributed by atoms with Crippen molar-refractivity contribution in [2.45, 2.75) is 31.2 Å². The van der Waals surface area contributed by atoms with Gasteiger partial charge in [-0.1, -0.05) is 50.2 Å². The first-order valence-corrected chi connectivity index (χ1v) is 10.6. The predicted octanol–water partition coefficient (Wildman–Crippen LogP) is 5.92. The fraction of sp³-hybridized carbons (Fsp3) is 0.208. The number of hydrogen-bond donors (Lipinski definition) is 0. The van der Waals surface area contributed by atoms with Crippen LogP contribution in [0.15, 0.2) is 77.8 Å². The van der Waals surface area contributed by atoms with E-state index in [1.54, 1.807) is 4.90 Å². The lowest BCUT2D eigenvalue weighted by Gasteiger charge is -2.23. The Balaban J connectivity index is 1.75. The molecule has 3 aromatic rings. The first-order valence-electron chi connectivity index (χ1n) is 9.57. The second-order valence-electron chi connectivity index (χ2n) is 6.85. The third-order valence-electron chi connectivity index (χ3n) is 4.43. The number of rotatable bonds is 7. The number of anilines is 2. The summed E-state index contributed by atoms with van der Waals surface area (Å²) in [6.07, 6.45) is 0.340. The lowest BCUT2D eigenvalue weighted by atomic mass is 10.1. The molecule has 5 heteroatoms. The van der Waals surface area contributed by atoms with E-state index in [1.807, 2.05) is 72.8 Å². The third-order valence-corrected chi connectivity index (χ3v) is 5.42. The number of thioether (sulfide) groups is 1. The SMILES string of the molecule is CC(C)c1ccc(C#N)c(SCCC(=O)N(c2ccccc2)c2ccccc2)n1. The average molecular weight is 402 g/mol. The van der Waals surface area contributed by atoms with E-state index in [1.165, 1.54) is 11.8 Å². The molecule has 0 aliphatic rings. The first kappa shape index (κ1) is 20.6. The highest BCUT2D eigenvalue weighted by molar-refractivity contribution is 7.99. The minimum Gasteiger partial charge on any atom is -0.281 e. The van der Waals surface area contributed by atoms with Crippen LogP contribution in [0.5, 0.6) is 0 Å². The molecule has 0 aliphatic heterocycles. The van der Waals surface area contributed by atoms with Crippen LogP contribution in [-0.4, -0.2) is 16.6 Å². The molecular weight excluding hydrogens is 378 g/mol. The van der Waals surface area contributed by atoms with Crippen molar-refractivity contribution in [2.24, 2.45) is 0 Å². The van der Waals surface area contributed by atoms with Crippen LogP contribution in [0, 0.1) is 11.3 Å². The van der Waals surface area contributed by atoms with Gasteiger partial charge >= 0.3 is 0 Å². The summed E-state index contributed by atoms with van der Waals surface area (Å²) in [7, 11) is 0. The highest BCUT2D eigenvalue weighted by atomic mass is 32.2. The Bertz CT molecular complexity index is 958. The minimum atomic E-state index is 0.00780. The van der Waals surface area contributed by atoms with Crippen molar-refractivity contribution in [1.29, 1.82) is 5.26 Å². The second-order valence-corrected chi connectivity index (χ2v) is 7.94. The molecule has 0 saturated carbocycles. The Labute approximate surface area is 176 Å². The van der Waals surface area contributed by atoms with Crippen molar-refractivity contribution in [2.75, 3.05) is 10.7 Å². The molecule has 0 N–H and O–H groups in total. The third kappa shape index (κ3) is 5.24. The summed E-state index contributed by atoms with van der Waals surface area (Å²) in [4.78, 5) is 19.4. The topological polar surface area (TPSA) is 57.0 Å². The fourth-order valence-corrected chi connectivity index (χ4v) is 3.82. The summed E-state index contributed by atoms with van der Waals surface area (Å²) in [5.41, 5.74) is 3.18. The van der Waals surface area contributed by atoms with Gasteiger partial charge in [-0.3, -0.25) is 9.69 Å². The van der Waals surface area contributed by atoms with Crippen LogP contribution in [0.3, 0.4) is 0 Å². The highest BCUT2D eigenvalue weighted by Gasteiger charge is 2.18. The van der Waals surface area contributed by atoms with Gasteiger partial charge in [0.2, 0.25) is 5.91 Å². The number of para-hydroxylation sites is 2. The molecule has 146 valence electrons. The Hall–Kier alpha value is -3.10. The van der Waals surface area contributed by atoms with Crippen LogP contribution >= 0.6 is 11.8 Å². The predicted molar refractivity (Wildman–Crippen MR) is 118 cm³/mol. The molecule has 0 aliphatic carbocycles. The van der Waals surface area contributed by atoms with E-state index in [-0.39, 0.29) is 11.8 Å². The van der Waals surface area contributed by atoms with Crippen LogP contribution in [-0.2, 0) is 4.79 Å². The number of nitrogens with zero attached hydrogens (tertiary/aromatic N) is 3. The lowest BCUT2D eigenvalue weighted by Crippen LogP contribution is -2.26. The number of amides is 1. The molecule has 0 bridgehead atoms. The maximum atomic E-state index is 13.1. The van der Waals surface area contributed by atoms with E-state index < -0.39 is 0 Å². The van der Waals surface area contributed by atoms with Gasteiger partial charge in [-0.05, 0) is 42.3 Å². The monoisotopic (exact) mass is 401 g/mol. The zero-order valence-corrected chi connectivity index (χ0v) is 17.4. The molecule has 3 rings (SSSR count). The van der Waals surface area contributed by atoms with Gasteiger partial charge in [0.05, 0.1) is 5.56 Å². The lowest BCUT2D eigenvalue weighted by molar-refractivity contribution is -0.117. The van der Waals surface area contributed by atoms with Gasteiger partial charge in [0.15, 0.2) is 0 Å². The summed E-state index contributed by atoms with van der Waals surface area (Å²) in [6.45, 7) is 4.15. The van der Waals surface area contributed by atoms with Gasteiger partial charge in [-0.15, -0.1) is 11.8 Å². The van der Waals surface area contributed by atoms with Crippen molar-refractivity contribution in [1.82, 2.24) is 4.98 Å². The summed E-state index contributed by atoms with van der Waals surface area (Å²) < 4.78 is 0. The van der Waals surface area contributed by atoms with Crippen LogP contribution in [0.1, 0.15) is 37.4 Å². The quantitative estimate of drug-likeness (QED) is 0.461. The summed E-state index contributed by atoms with van der Waals surface area (Å²) in [5, 5.41) is 10.1. The van der Waals surface area contributed by atoms with Crippen molar-refractivity contribution in [3.63, 3.8) is 0 Å². The summed E-state index contributed by atoms with van der Waals surface area (Å²) in [6, 6.07) is 25.2. The minimum absolute atomic E-state index is 0.00780. The molecule has 0 fully saturated rings. The Kier molecular flexibility index (Phi) is 7.04. The molecule has 1 heterocycles. The van der Waals surface area contributed by atoms with E-state index in [9.17, 15) is 10.1 Å². The van der Waals surface area contributed by atoms with E-state index in [4.69, 9.17) is 0 Å². The van der Waals surface area contributed by atoms with Crippen LogP contribution in [0.2, 0.25) is 0 Å². The molecule has 1 amide bonds. The Morgan fingerprint density at radius 2 is 1.59 bits per heavy atom. The van der Waals surface area contributed by atoms with Gasteiger partial charge in [0, 0.05) is 29.2 Å². The maximum absolute atomic E-state index is 13.1. The fourth-order valence-electron chi connectivity index (χ4n) is 2.91. The molecule has 29 heavy (non-hydrogen) atoms.